The number of hydrogen-bond donors (Lipinski definition) is 3. The third-order valence-electron chi connectivity index (χ3n) is 2.60. The molecule has 2 aromatic rings. The summed E-state index contributed by atoms with van der Waals surface area (Å²) in [5.74, 6) is -2.77. The van der Waals surface area contributed by atoms with Gasteiger partial charge < -0.3 is 20.7 Å². The molecule has 112 valence electrons. The average molecular weight is 291 g/mol. The molecule has 0 saturated heterocycles. The van der Waals surface area contributed by atoms with Crippen LogP contribution in [0.1, 0.15) is 32.1 Å². The minimum Gasteiger partial charge on any atom is -0.543 e. The summed E-state index contributed by atoms with van der Waals surface area (Å²) in [6.07, 6.45) is 1.10. The lowest BCUT2D eigenvalue weighted by atomic mass is 10.1. The molecule has 0 saturated carbocycles. The molecule has 0 aliphatic carbocycles. The van der Waals surface area contributed by atoms with Crippen molar-refractivity contribution in [2.24, 2.45) is 0 Å². The normalized spacial score (nSPS) is 9.62. The molecule has 21 heavy (non-hydrogen) atoms. The Kier molecular flexibility index (Phi) is 6.09. The molecule has 0 spiro atoms. The van der Waals surface area contributed by atoms with Crippen LogP contribution in [0, 0.1) is 6.92 Å². The molecule has 5 N–H and O–H groups in total. The van der Waals surface area contributed by atoms with Crippen LogP contribution in [0.4, 0.5) is 0 Å². The van der Waals surface area contributed by atoms with Gasteiger partial charge in [0.1, 0.15) is 0 Å². The van der Waals surface area contributed by atoms with Gasteiger partial charge in [-0.05, 0) is 18.6 Å². The van der Waals surface area contributed by atoms with Crippen LogP contribution in [-0.2, 0) is 6.42 Å². The van der Waals surface area contributed by atoms with E-state index in [1.807, 2.05) is 5.10 Å². The molecule has 1 heterocycles. The highest BCUT2D eigenvalue weighted by molar-refractivity contribution is 5.90. The van der Waals surface area contributed by atoms with Crippen LogP contribution < -0.4 is 10.8 Å². The SMILES string of the molecule is Cc1ccc(CC[NH3+])cc1.O=C(O)c1cc(C(=O)[O-])[nH]n1. The summed E-state index contributed by atoms with van der Waals surface area (Å²) in [6, 6.07) is 9.51. The fourth-order valence-corrected chi connectivity index (χ4v) is 1.49. The number of carboxylic acids is 2. The maximum Gasteiger partial charge on any atom is 0.356 e. The first-order chi connectivity index (χ1) is 9.93. The first-order valence-electron chi connectivity index (χ1n) is 6.29. The molecule has 0 aliphatic rings. The van der Waals surface area contributed by atoms with E-state index in [4.69, 9.17) is 5.11 Å². The molecular weight excluding hydrogens is 274 g/mol. The number of nitrogens with zero attached hydrogens (tertiary/aromatic N) is 1. The number of carboxylic acid groups (broad SMARTS) is 2. The quantitative estimate of drug-likeness (QED) is 0.681. The largest absolute Gasteiger partial charge is 0.543 e. The number of carbonyl (C=O) groups is 2. The van der Waals surface area contributed by atoms with Gasteiger partial charge in [0.25, 0.3) is 0 Å². The lowest BCUT2D eigenvalue weighted by Crippen LogP contribution is -2.51. The monoisotopic (exact) mass is 291 g/mol. The zero-order valence-corrected chi connectivity index (χ0v) is 11.6. The van der Waals surface area contributed by atoms with Gasteiger partial charge in [-0.3, -0.25) is 5.10 Å². The first-order valence-corrected chi connectivity index (χ1v) is 6.29. The van der Waals surface area contributed by atoms with Crippen molar-refractivity contribution in [3.05, 3.63) is 52.8 Å². The number of aromatic amines is 1. The van der Waals surface area contributed by atoms with Gasteiger partial charge in [-0.15, -0.1) is 0 Å². The van der Waals surface area contributed by atoms with Crippen LogP contribution >= 0.6 is 0 Å². The van der Waals surface area contributed by atoms with Gasteiger partial charge in [0.15, 0.2) is 5.69 Å². The smallest absolute Gasteiger partial charge is 0.356 e. The van der Waals surface area contributed by atoms with E-state index in [0.29, 0.717) is 0 Å². The third kappa shape index (κ3) is 5.45. The first kappa shape index (κ1) is 16.4. The number of rotatable bonds is 4. The molecule has 0 unspecified atom stereocenters. The third-order valence-corrected chi connectivity index (χ3v) is 2.60. The number of aromatic carboxylic acids is 2. The van der Waals surface area contributed by atoms with Crippen LogP contribution in [0.25, 0.3) is 0 Å². The Hall–Kier alpha value is -2.67. The second-order valence-corrected chi connectivity index (χ2v) is 4.35. The Morgan fingerprint density at radius 1 is 1.33 bits per heavy atom. The van der Waals surface area contributed by atoms with Gasteiger partial charge >= 0.3 is 5.97 Å². The van der Waals surface area contributed by atoms with E-state index >= 15 is 0 Å². The van der Waals surface area contributed by atoms with Crippen LogP contribution in [0.5, 0.6) is 0 Å². The lowest BCUT2D eigenvalue weighted by molar-refractivity contribution is -0.366. The van der Waals surface area contributed by atoms with Crippen LogP contribution in [0.3, 0.4) is 0 Å². The molecule has 0 bridgehead atoms. The highest BCUT2D eigenvalue weighted by Crippen LogP contribution is 2.02. The maximum absolute atomic E-state index is 10.1. The zero-order chi connectivity index (χ0) is 15.8. The molecule has 0 radical (unpaired) electrons. The highest BCUT2D eigenvalue weighted by Gasteiger charge is 2.07. The van der Waals surface area contributed by atoms with E-state index in [2.05, 4.69) is 42.0 Å². The Morgan fingerprint density at radius 3 is 2.33 bits per heavy atom. The zero-order valence-electron chi connectivity index (χ0n) is 11.6. The summed E-state index contributed by atoms with van der Waals surface area (Å²) < 4.78 is 0. The lowest BCUT2D eigenvalue weighted by Gasteiger charge is -1.96. The van der Waals surface area contributed by atoms with Crippen LogP contribution in [-0.4, -0.2) is 33.8 Å². The number of H-pyrrole nitrogens is 1. The van der Waals surface area contributed by atoms with Gasteiger partial charge in [-0.25, -0.2) is 4.79 Å². The number of aryl methyl sites for hydroxylation is 1. The van der Waals surface area contributed by atoms with Crippen LogP contribution in [0.15, 0.2) is 30.3 Å². The van der Waals surface area contributed by atoms with Crippen molar-refractivity contribution in [3.63, 3.8) is 0 Å². The molecule has 0 fully saturated rings. The van der Waals surface area contributed by atoms with E-state index in [1.165, 1.54) is 11.1 Å². The second kappa shape index (κ2) is 7.81. The summed E-state index contributed by atoms with van der Waals surface area (Å²) in [7, 11) is 0. The number of hydrogen-bond acceptors (Lipinski definition) is 4. The van der Waals surface area contributed by atoms with E-state index in [1.54, 1.807) is 0 Å². The number of benzene rings is 1. The van der Waals surface area contributed by atoms with E-state index in [9.17, 15) is 14.7 Å². The fraction of sp³-hybridized carbons (Fsp3) is 0.214. The van der Waals surface area contributed by atoms with Gasteiger partial charge in [-0.2, -0.15) is 5.10 Å². The Balaban J connectivity index is 0.000000211. The predicted octanol–water partition coefficient (Wildman–Crippen LogP) is -0.749. The molecule has 1 aromatic carbocycles. The van der Waals surface area contributed by atoms with Crippen molar-refractivity contribution in [2.75, 3.05) is 6.54 Å². The van der Waals surface area contributed by atoms with E-state index < -0.39 is 11.9 Å². The van der Waals surface area contributed by atoms with Crippen molar-refractivity contribution in [2.45, 2.75) is 13.3 Å². The summed E-state index contributed by atoms with van der Waals surface area (Å²) in [4.78, 5) is 20.2. The molecule has 0 amide bonds. The number of carbonyl (C=O) groups excluding carboxylic acids is 1. The average Bonchev–Trinajstić information content (AvgIpc) is 2.92. The van der Waals surface area contributed by atoms with Gasteiger partial charge in [0.05, 0.1) is 18.2 Å². The highest BCUT2D eigenvalue weighted by atomic mass is 16.4. The Bertz CT molecular complexity index is 576. The van der Waals surface area contributed by atoms with Gasteiger partial charge in [-0.1, -0.05) is 29.8 Å². The standard InChI is InChI=1S/C9H13N.C5H4N2O4/c1-8-2-4-9(5-3-8)6-7-10;8-4(9)2-1-3(5(10)11)7-6-2/h2-5H,6-7,10H2,1H3;1H,(H,6,7)(H,8,9)(H,10,11). The molecule has 7 heteroatoms. The summed E-state index contributed by atoms with van der Waals surface area (Å²) in [5, 5.41) is 23.5. The summed E-state index contributed by atoms with van der Waals surface area (Å²) >= 11 is 0. The van der Waals surface area contributed by atoms with E-state index in [0.717, 1.165) is 19.0 Å². The number of quaternary nitrogens is 1. The summed E-state index contributed by atoms with van der Waals surface area (Å²) in [5.41, 5.74) is 5.83. The molecule has 0 aliphatic heterocycles. The topological polar surface area (TPSA) is 134 Å². The number of aromatic nitrogens is 2. The van der Waals surface area contributed by atoms with Crippen LogP contribution in [0.2, 0.25) is 0 Å². The Morgan fingerprint density at radius 2 is 1.95 bits per heavy atom. The van der Waals surface area contributed by atoms with Crippen molar-refractivity contribution < 1.29 is 25.5 Å². The molecular formula is C14H17N3O4. The number of nitrogens with one attached hydrogen (secondary N) is 1. The van der Waals surface area contributed by atoms with Gasteiger partial charge in [0, 0.05) is 6.42 Å². The van der Waals surface area contributed by atoms with Crippen molar-refractivity contribution in [3.8, 4) is 0 Å². The second-order valence-electron chi connectivity index (χ2n) is 4.35. The van der Waals surface area contributed by atoms with Crippen molar-refractivity contribution >= 4 is 11.9 Å². The molecule has 0 atom stereocenters. The van der Waals surface area contributed by atoms with Crippen molar-refractivity contribution in [1.82, 2.24) is 10.2 Å². The van der Waals surface area contributed by atoms with Gasteiger partial charge in [0.2, 0.25) is 0 Å². The maximum atomic E-state index is 10.1. The fourth-order valence-electron chi connectivity index (χ4n) is 1.49. The Labute approximate surface area is 121 Å². The minimum absolute atomic E-state index is 0.343. The molecule has 7 nitrogen and oxygen atoms in total. The van der Waals surface area contributed by atoms with Crippen molar-refractivity contribution in [1.29, 1.82) is 0 Å². The summed E-state index contributed by atoms with van der Waals surface area (Å²) in [6.45, 7) is 3.09. The minimum atomic E-state index is -1.48. The predicted molar refractivity (Wildman–Crippen MR) is 72.5 cm³/mol. The van der Waals surface area contributed by atoms with E-state index in [-0.39, 0.29) is 11.4 Å². The molecule has 2 rings (SSSR count). The molecule has 1 aromatic heterocycles.